The molecule has 5 rings (SSSR count). The van der Waals surface area contributed by atoms with E-state index in [0.29, 0.717) is 31.7 Å². The van der Waals surface area contributed by atoms with Gasteiger partial charge in [0.05, 0.1) is 17.0 Å². The second-order valence-electron chi connectivity index (χ2n) is 7.88. The van der Waals surface area contributed by atoms with Gasteiger partial charge in [-0.15, -0.1) is 11.3 Å². The van der Waals surface area contributed by atoms with Gasteiger partial charge >= 0.3 is 0 Å². The van der Waals surface area contributed by atoms with Crippen LogP contribution in [-0.2, 0) is 11.2 Å². The van der Waals surface area contributed by atoms with Crippen molar-refractivity contribution in [2.24, 2.45) is 5.92 Å². The lowest BCUT2D eigenvalue weighted by Gasteiger charge is -2.33. The van der Waals surface area contributed by atoms with Crippen LogP contribution in [0.4, 0.5) is 5.69 Å². The zero-order valence-corrected chi connectivity index (χ0v) is 17.7. The molecule has 30 heavy (non-hydrogen) atoms. The maximum atomic E-state index is 13.2. The van der Waals surface area contributed by atoms with Crippen LogP contribution in [0.5, 0.6) is 0 Å². The Balaban J connectivity index is 1.26. The molecule has 0 spiro atoms. The molecule has 0 radical (unpaired) electrons. The fourth-order valence-corrected chi connectivity index (χ4v) is 5.01. The lowest BCUT2D eigenvalue weighted by Crippen LogP contribution is -2.44. The number of carbonyl (C=O) groups is 2. The van der Waals surface area contributed by atoms with E-state index in [1.807, 2.05) is 11.8 Å². The molecule has 0 atom stereocenters. The number of anilines is 1. The lowest BCUT2D eigenvalue weighted by atomic mass is 9.95. The molecule has 2 aromatic heterocycles. The maximum absolute atomic E-state index is 13.2. The number of carbonyl (C=O) groups excluding carboxylic acids is 2. The smallest absolute Gasteiger partial charge is 0.289 e. The summed E-state index contributed by atoms with van der Waals surface area (Å²) < 4.78 is 5.22. The quantitative estimate of drug-likeness (QED) is 0.637. The van der Waals surface area contributed by atoms with Crippen LogP contribution in [0.3, 0.4) is 0 Å². The molecule has 1 fully saturated rings. The van der Waals surface area contributed by atoms with E-state index >= 15 is 0 Å². The number of hydrogen-bond acceptors (Lipinski definition) is 5. The van der Waals surface area contributed by atoms with E-state index in [0.717, 1.165) is 34.9 Å². The normalized spacial score (nSPS) is 16.7. The summed E-state index contributed by atoms with van der Waals surface area (Å²) in [5.41, 5.74) is 4.33. The molecule has 7 heteroatoms. The molecule has 0 unspecified atom stereocenters. The summed E-state index contributed by atoms with van der Waals surface area (Å²) in [5.74, 6) is 0.398. The van der Waals surface area contributed by atoms with E-state index in [-0.39, 0.29) is 17.7 Å². The largest absolute Gasteiger partial charge is 0.459 e. The second-order valence-corrected chi connectivity index (χ2v) is 8.94. The van der Waals surface area contributed by atoms with E-state index in [1.165, 1.54) is 11.8 Å². The number of nitrogens with zero attached hydrogens (tertiary/aromatic N) is 3. The van der Waals surface area contributed by atoms with Crippen molar-refractivity contribution in [2.75, 3.05) is 24.5 Å². The zero-order chi connectivity index (χ0) is 20.7. The molecule has 0 bridgehead atoms. The summed E-state index contributed by atoms with van der Waals surface area (Å²) in [6.45, 7) is 3.90. The molecular formula is C23H23N3O3S. The van der Waals surface area contributed by atoms with Gasteiger partial charge in [-0.25, -0.2) is 4.98 Å². The highest BCUT2D eigenvalue weighted by Crippen LogP contribution is 2.34. The Morgan fingerprint density at radius 3 is 2.70 bits per heavy atom. The fourth-order valence-electron chi connectivity index (χ4n) is 4.39. The molecule has 0 N–H and O–H groups in total. The van der Waals surface area contributed by atoms with Crippen LogP contribution < -0.4 is 4.90 Å². The van der Waals surface area contributed by atoms with Gasteiger partial charge in [0.1, 0.15) is 0 Å². The first-order chi connectivity index (χ1) is 14.6. The van der Waals surface area contributed by atoms with Gasteiger partial charge in [-0.05, 0) is 56.0 Å². The lowest BCUT2D eigenvalue weighted by molar-refractivity contribution is -0.123. The monoisotopic (exact) mass is 421 g/mol. The van der Waals surface area contributed by atoms with Crippen LogP contribution in [-0.4, -0.2) is 41.3 Å². The fraction of sp³-hybridized carbons (Fsp3) is 0.348. The number of rotatable bonds is 3. The summed E-state index contributed by atoms with van der Waals surface area (Å²) in [5, 5.41) is 3.13. The van der Waals surface area contributed by atoms with E-state index in [9.17, 15) is 9.59 Å². The Kier molecular flexibility index (Phi) is 4.90. The van der Waals surface area contributed by atoms with Crippen LogP contribution in [0.1, 0.15) is 34.0 Å². The molecule has 154 valence electrons. The number of amides is 2. The van der Waals surface area contributed by atoms with Crippen LogP contribution >= 0.6 is 11.3 Å². The number of hydrogen-bond donors (Lipinski definition) is 0. The molecule has 3 aromatic rings. The minimum atomic E-state index is -0.0952. The Labute approximate surface area is 179 Å². The Morgan fingerprint density at radius 2 is 2.00 bits per heavy atom. The van der Waals surface area contributed by atoms with Crippen molar-refractivity contribution in [3.63, 3.8) is 0 Å². The number of furan rings is 1. The van der Waals surface area contributed by atoms with E-state index < -0.39 is 0 Å². The van der Waals surface area contributed by atoms with Crippen molar-refractivity contribution in [2.45, 2.75) is 26.2 Å². The van der Waals surface area contributed by atoms with Gasteiger partial charge in [0.2, 0.25) is 5.91 Å². The predicted octanol–water partition coefficient (Wildman–Crippen LogP) is 4.15. The summed E-state index contributed by atoms with van der Waals surface area (Å²) in [4.78, 5) is 33.9. The van der Waals surface area contributed by atoms with E-state index in [4.69, 9.17) is 4.42 Å². The van der Waals surface area contributed by atoms with E-state index in [2.05, 4.69) is 28.6 Å². The third-order valence-electron chi connectivity index (χ3n) is 6.02. The minimum Gasteiger partial charge on any atom is -0.459 e. The van der Waals surface area contributed by atoms with Crippen LogP contribution in [0.2, 0.25) is 0 Å². The highest BCUT2D eigenvalue weighted by atomic mass is 32.1. The van der Waals surface area contributed by atoms with Crippen molar-refractivity contribution in [1.82, 2.24) is 9.88 Å². The summed E-state index contributed by atoms with van der Waals surface area (Å²) in [6.07, 6.45) is 3.75. The Bertz CT molecular complexity index is 1080. The van der Waals surface area contributed by atoms with Crippen molar-refractivity contribution < 1.29 is 14.0 Å². The number of aryl methyl sites for hydroxylation is 1. The number of fused-ring (bicyclic) bond motifs is 1. The van der Waals surface area contributed by atoms with E-state index in [1.54, 1.807) is 28.4 Å². The Morgan fingerprint density at radius 1 is 1.17 bits per heavy atom. The topological polar surface area (TPSA) is 66.7 Å². The zero-order valence-electron chi connectivity index (χ0n) is 16.8. The van der Waals surface area contributed by atoms with Crippen LogP contribution in [0, 0.1) is 12.8 Å². The Hall–Kier alpha value is -2.93. The molecule has 0 saturated carbocycles. The third-order valence-corrected chi connectivity index (χ3v) is 6.79. The molecule has 1 aromatic carbocycles. The van der Waals surface area contributed by atoms with Gasteiger partial charge in [-0.1, -0.05) is 6.07 Å². The first-order valence-corrected chi connectivity index (χ1v) is 11.2. The standard InChI is InChI=1S/C23H23N3O3S/c1-15-24-19(14-30-15)17-4-5-20-18(13-17)8-11-26(20)22(27)16-6-9-25(10-7-16)23(28)21-3-2-12-29-21/h2-5,12-14,16H,6-11H2,1H3. The predicted molar refractivity (Wildman–Crippen MR) is 116 cm³/mol. The first-order valence-electron chi connectivity index (χ1n) is 10.3. The van der Waals surface area contributed by atoms with Gasteiger partial charge in [-0.2, -0.15) is 0 Å². The van der Waals surface area contributed by atoms with Crippen molar-refractivity contribution >= 4 is 28.8 Å². The second kappa shape index (κ2) is 7.72. The molecule has 2 aliphatic heterocycles. The van der Waals surface area contributed by atoms with Gasteiger partial charge in [0, 0.05) is 42.2 Å². The SMILES string of the molecule is Cc1nc(-c2ccc3c(c2)CCN3C(=O)C2CCN(C(=O)c3ccco3)CC2)cs1. The van der Waals surface area contributed by atoms with Gasteiger partial charge in [0.15, 0.2) is 5.76 Å². The number of piperidine rings is 1. The number of thiazole rings is 1. The van der Waals surface area contributed by atoms with Crippen molar-refractivity contribution in [3.05, 3.63) is 58.3 Å². The molecule has 2 amide bonds. The number of likely N-dealkylation sites (tertiary alicyclic amines) is 1. The third kappa shape index (κ3) is 3.43. The maximum Gasteiger partial charge on any atom is 0.289 e. The average molecular weight is 422 g/mol. The molecular weight excluding hydrogens is 398 g/mol. The highest BCUT2D eigenvalue weighted by molar-refractivity contribution is 7.09. The number of aromatic nitrogens is 1. The van der Waals surface area contributed by atoms with Gasteiger partial charge in [-0.3, -0.25) is 9.59 Å². The van der Waals surface area contributed by atoms with Crippen LogP contribution in [0.15, 0.2) is 46.4 Å². The molecule has 6 nitrogen and oxygen atoms in total. The van der Waals surface area contributed by atoms with Gasteiger partial charge in [0.25, 0.3) is 5.91 Å². The van der Waals surface area contributed by atoms with Gasteiger partial charge < -0.3 is 14.2 Å². The summed E-state index contributed by atoms with van der Waals surface area (Å²) >= 11 is 1.65. The average Bonchev–Trinajstić information content (AvgIpc) is 3.53. The number of benzene rings is 1. The summed E-state index contributed by atoms with van der Waals surface area (Å²) in [7, 11) is 0. The minimum absolute atomic E-state index is 0.0440. The van der Waals surface area contributed by atoms with Crippen molar-refractivity contribution in [1.29, 1.82) is 0 Å². The van der Waals surface area contributed by atoms with Crippen molar-refractivity contribution in [3.8, 4) is 11.3 Å². The molecule has 1 saturated heterocycles. The highest BCUT2D eigenvalue weighted by Gasteiger charge is 2.34. The van der Waals surface area contributed by atoms with Crippen LogP contribution in [0.25, 0.3) is 11.3 Å². The summed E-state index contributed by atoms with van der Waals surface area (Å²) in [6, 6.07) is 9.68. The molecule has 2 aliphatic rings. The molecule has 0 aliphatic carbocycles. The molecule has 4 heterocycles. The first kappa shape index (κ1) is 19.1.